The second-order valence-corrected chi connectivity index (χ2v) is 5.68. The van der Waals surface area contributed by atoms with Gasteiger partial charge in [-0.2, -0.15) is 5.10 Å². The maximum atomic E-state index is 10.7. The predicted molar refractivity (Wildman–Crippen MR) is 66.4 cm³/mol. The van der Waals surface area contributed by atoms with Gasteiger partial charge in [0.15, 0.2) is 5.82 Å². The fraction of sp³-hybridized carbons (Fsp3) is 0.444. The van der Waals surface area contributed by atoms with Crippen LogP contribution in [0.2, 0.25) is 0 Å². The highest BCUT2D eigenvalue weighted by molar-refractivity contribution is 7.51. The van der Waals surface area contributed by atoms with Gasteiger partial charge in [0.1, 0.15) is 24.0 Å². The van der Waals surface area contributed by atoms with Crippen LogP contribution in [0.3, 0.4) is 0 Å². The fourth-order valence-corrected chi connectivity index (χ4v) is 2.02. The number of hydrogen-bond acceptors (Lipinski definition) is 6. The summed E-state index contributed by atoms with van der Waals surface area (Å²) >= 11 is 0. The van der Waals surface area contributed by atoms with Gasteiger partial charge in [-0.15, -0.1) is 0 Å². The third-order valence-corrected chi connectivity index (χ3v) is 2.92. The molecule has 0 unspecified atom stereocenters. The Kier molecular flexibility index (Phi) is 3.81. The molecule has 0 bridgehead atoms. The van der Waals surface area contributed by atoms with Crippen molar-refractivity contribution in [2.24, 2.45) is 0 Å². The van der Waals surface area contributed by atoms with Crippen molar-refractivity contribution < 1.29 is 19.1 Å². The Labute approximate surface area is 108 Å². The molecule has 0 aliphatic rings. The van der Waals surface area contributed by atoms with E-state index in [0.717, 1.165) is 0 Å². The van der Waals surface area contributed by atoms with Crippen LogP contribution in [-0.4, -0.2) is 41.8 Å². The van der Waals surface area contributed by atoms with E-state index in [1.807, 2.05) is 0 Å². The summed E-state index contributed by atoms with van der Waals surface area (Å²) in [5, 5.41) is 4.02. The van der Waals surface area contributed by atoms with E-state index in [0.29, 0.717) is 23.6 Å². The molecule has 2 heterocycles. The molecule has 1 atom stereocenters. The summed E-state index contributed by atoms with van der Waals surface area (Å²) < 4.78 is 17.3. The largest absolute Gasteiger partial charge is 0.382 e. The van der Waals surface area contributed by atoms with E-state index in [9.17, 15) is 4.57 Å². The highest BCUT2D eigenvalue weighted by atomic mass is 31.2. The van der Waals surface area contributed by atoms with Crippen molar-refractivity contribution in [1.29, 1.82) is 0 Å². The van der Waals surface area contributed by atoms with Crippen molar-refractivity contribution >= 4 is 18.9 Å². The third kappa shape index (κ3) is 3.48. The van der Waals surface area contributed by atoms with Crippen LogP contribution in [-0.2, 0) is 15.7 Å². The molecule has 9 nitrogen and oxygen atoms in total. The first-order valence-corrected chi connectivity index (χ1v) is 7.26. The van der Waals surface area contributed by atoms with Gasteiger partial charge >= 0.3 is 7.60 Å². The zero-order chi connectivity index (χ0) is 14.0. The van der Waals surface area contributed by atoms with Gasteiger partial charge in [0.25, 0.3) is 0 Å². The minimum atomic E-state index is -4.16. The Morgan fingerprint density at radius 3 is 2.95 bits per heavy atom. The summed E-state index contributed by atoms with van der Waals surface area (Å²) in [7, 11) is -4.16. The van der Waals surface area contributed by atoms with Crippen molar-refractivity contribution in [3.8, 4) is 0 Å². The molecular weight excluding hydrogens is 273 g/mol. The van der Waals surface area contributed by atoms with Gasteiger partial charge in [0, 0.05) is 6.42 Å². The Morgan fingerprint density at radius 1 is 1.53 bits per heavy atom. The van der Waals surface area contributed by atoms with Gasteiger partial charge in [-0.25, -0.2) is 14.5 Å². The molecule has 0 saturated heterocycles. The Hall–Kier alpha value is -1.54. The zero-order valence-corrected chi connectivity index (χ0v) is 11.1. The summed E-state index contributed by atoms with van der Waals surface area (Å²) in [6.07, 6.45) is 2.18. The Morgan fingerprint density at radius 2 is 2.26 bits per heavy atom. The van der Waals surface area contributed by atoms with Crippen LogP contribution in [0.15, 0.2) is 12.5 Å². The highest BCUT2D eigenvalue weighted by Gasteiger charge is 2.17. The number of nitrogen functional groups attached to an aromatic ring is 1. The van der Waals surface area contributed by atoms with Crippen LogP contribution in [0.25, 0.3) is 5.52 Å². The molecule has 0 radical (unpaired) electrons. The summed E-state index contributed by atoms with van der Waals surface area (Å²) in [4.78, 5) is 25.4. The Bertz CT molecular complexity index is 624. The lowest BCUT2D eigenvalue weighted by atomic mass is 10.3. The predicted octanol–water partition coefficient (Wildman–Crippen LogP) is -0.211. The summed E-state index contributed by atoms with van der Waals surface area (Å²) in [6, 6.07) is 0. The topological polar surface area (TPSA) is 136 Å². The number of rotatable bonds is 5. The van der Waals surface area contributed by atoms with E-state index >= 15 is 0 Å². The van der Waals surface area contributed by atoms with Gasteiger partial charge < -0.3 is 20.3 Å². The van der Waals surface area contributed by atoms with Gasteiger partial charge in [-0.1, -0.05) is 0 Å². The molecule has 0 aliphatic heterocycles. The first-order valence-electron chi connectivity index (χ1n) is 5.46. The van der Waals surface area contributed by atoms with E-state index < -0.39 is 20.0 Å². The van der Waals surface area contributed by atoms with Gasteiger partial charge in [0.2, 0.25) is 0 Å². The second kappa shape index (κ2) is 5.22. The zero-order valence-electron chi connectivity index (χ0n) is 10.2. The molecular formula is C9H14N5O4P. The van der Waals surface area contributed by atoms with Crippen LogP contribution in [0.1, 0.15) is 12.7 Å². The second-order valence-electron chi connectivity index (χ2n) is 4.09. The molecule has 19 heavy (non-hydrogen) atoms. The number of nitrogens with two attached hydrogens (primary N) is 1. The van der Waals surface area contributed by atoms with E-state index in [-0.39, 0.29) is 0 Å². The molecule has 4 N–H and O–H groups in total. The summed E-state index contributed by atoms with van der Waals surface area (Å²) in [5.41, 5.74) is 6.25. The number of hydrogen-bond donors (Lipinski definition) is 3. The first kappa shape index (κ1) is 13.9. The smallest absolute Gasteiger partial charge is 0.350 e. The fourth-order valence-electron chi connectivity index (χ4n) is 1.57. The van der Waals surface area contributed by atoms with Crippen LogP contribution in [0.5, 0.6) is 0 Å². The number of imidazole rings is 1. The number of aromatic nitrogens is 4. The van der Waals surface area contributed by atoms with Crippen LogP contribution >= 0.6 is 7.60 Å². The molecule has 0 amide bonds. The molecule has 2 rings (SSSR count). The SMILES string of the molecule is C[C@H](Cc1ncc2c(N)ncnn12)OCP(=O)(O)O. The summed E-state index contributed by atoms with van der Waals surface area (Å²) in [5.74, 6) is 0.903. The molecule has 104 valence electrons. The molecule has 0 aliphatic carbocycles. The number of anilines is 1. The van der Waals surface area contributed by atoms with E-state index in [1.165, 1.54) is 10.8 Å². The van der Waals surface area contributed by atoms with Gasteiger partial charge in [0.05, 0.1) is 12.3 Å². The molecule has 2 aromatic heterocycles. The van der Waals surface area contributed by atoms with Crippen molar-refractivity contribution in [1.82, 2.24) is 19.6 Å². The lowest BCUT2D eigenvalue weighted by Gasteiger charge is -2.12. The lowest BCUT2D eigenvalue weighted by Crippen LogP contribution is -2.15. The van der Waals surface area contributed by atoms with Crippen molar-refractivity contribution in [3.05, 3.63) is 18.3 Å². The van der Waals surface area contributed by atoms with Crippen LogP contribution in [0, 0.1) is 0 Å². The normalized spacial score (nSPS) is 13.8. The maximum absolute atomic E-state index is 10.7. The lowest BCUT2D eigenvalue weighted by molar-refractivity contribution is 0.0869. The molecule has 2 aromatic rings. The monoisotopic (exact) mass is 287 g/mol. The van der Waals surface area contributed by atoms with Gasteiger partial charge in [-0.05, 0) is 6.92 Å². The van der Waals surface area contributed by atoms with Gasteiger partial charge in [-0.3, -0.25) is 4.57 Å². The van der Waals surface area contributed by atoms with Crippen molar-refractivity contribution in [3.63, 3.8) is 0 Å². The number of ether oxygens (including phenoxy) is 1. The van der Waals surface area contributed by atoms with Crippen LogP contribution in [0.4, 0.5) is 5.82 Å². The molecule has 0 saturated carbocycles. The summed E-state index contributed by atoms with van der Waals surface area (Å²) in [6.45, 7) is 1.70. The third-order valence-electron chi connectivity index (χ3n) is 2.43. The molecule has 10 heteroatoms. The van der Waals surface area contributed by atoms with E-state index in [4.69, 9.17) is 20.3 Å². The average molecular weight is 287 g/mol. The first-order chi connectivity index (χ1) is 8.87. The molecule has 0 fully saturated rings. The quantitative estimate of drug-likeness (QED) is 0.642. The minimum absolute atomic E-state index is 0.317. The molecule has 0 aromatic carbocycles. The van der Waals surface area contributed by atoms with E-state index in [1.54, 1.807) is 13.1 Å². The number of fused-ring (bicyclic) bond motifs is 1. The van der Waals surface area contributed by atoms with Crippen molar-refractivity contribution in [2.45, 2.75) is 19.4 Å². The average Bonchev–Trinajstić information content (AvgIpc) is 2.71. The minimum Gasteiger partial charge on any atom is -0.382 e. The van der Waals surface area contributed by atoms with E-state index in [2.05, 4.69) is 15.1 Å². The van der Waals surface area contributed by atoms with Crippen LogP contribution < -0.4 is 5.73 Å². The highest BCUT2D eigenvalue weighted by Crippen LogP contribution is 2.34. The molecule has 0 spiro atoms. The van der Waals surface area contributed by atoms with Crippen molar-refractivity contribution in [2.75, 3.05) is 12.1 Å². The standard InChI is InChI=1S/C9H14N5O4P/c1-6(18-5-19(15,16)17)2-8-11-3-7-9(10)12-4-13-14(7)8/h3-4,6H,2,5H2,1H3,(H2,10,12,13)(H2,15,16,17)/t6-/m1/s1. The Balaban J connectivity index is 2.09. The number of nitrogens with zero attached hydrogens (tertiary/aromatic N) is 4. The maximum Gasteiger partial charge on any atom is 0.350 e.